The van der Waals surface area contributed by atoms with Gasteiger partial charge in [-0.25, -0.2) is 9.18 Å². The molecule has 0 fully saturated rings. The van der Waals surface area contributed by atoms with Crippen molar-refractivity contribution < 1.29 is 32.3 Å². The first kappa shape index (κ1) is 17.9. The number of hydrogen-bond acceptors (Lipinski definition) is 2. The summed E-state index contributed by atoms with van der Waals surface area (Å²) in [6, 6.07) is 6.04. The molecule has 0 heterocycles. The van der Waals surface area contributed by atoms with E-state index in [9.17, 15) is 27.2 Å². The summed E-state index contributed by atoms with van der Waals surface area (Å²) in [5, 5.41) is 11.5. The number of carbonyl (C=O) groups is 2. The highest BCUT2D eigenvalue weighted by Gasteiger charge is 2.37. The molecule has 0 bridgehead atoms. The maximum absolute atomic E-state index is 13.9. The number of carbonyl (C=O) groups excluding carboxylic acids is 1. The molecule has 26 heavy (non-hydrogen) atoms. The number of aryl methyl sites for hydroxylation is 1. The van der Waals surface area contributed by atoms with E-state index in [1.807, 2.05) is 0 Å². The standard InChI is InChI=1S/C18H13F4NO3/c19-13-3-1-2-12(18(20,21)22)15(13)16(24)23-14-7-6-9-4-5-10(17(25)26)8-11(9)14/h1-5,8,14H,6-7H2,(H,23,24)(H,25,26)/t14-/m1/s1. The summed E-state index contributed by atoms with van der Waals surface area (Å²) in [6.07, 6.45) is -3.96. The van der Waals surface area contributed by atoms with Crippen molar-refractivity contribution in [1.82, 2.24) is 5.32 Å². The van der Waals surface area contributed by atoms with Crippen molar-refractivity contribution in [2.45, 2.75) is 25.1 Å². The minimum absolute atomic E-state index is 0.00627. The molecule has 0 unspecified atom stereocenters. The Morgan fingerprint density at radius 1 is 1.15 bits per heavy atom. The van der Waals surface area contributed by atoms with Gasteiger partial charge in [0.15, 0.2) is 0 Å². The number of alkyl halides is 3. The summed E-state index contributed by atoms with van der Waals surface area (Å²) in [5.41, 5.74) is -1.10. The molecular weight excluding hydrogens is 354 g/mol. The van der Waals surface area contributed by atoms with Gasteiger partial charge in [-0.05, 0) is 48.2 Å². The number of carboxylic acid groups (broad SMARTS) is 1. The largest absolute Gasteiger partial charge is 0.478 e. The third kappa shape index (κ3) is 3.26. The number of carboxylic acids is 1. The van der Waals surface area contributed by atoms with Crippen LogP contribution in [0.4, 0.5) is 17.6 Å². The van der Waals surface area contributed by atoms with Gasteiger partial charge in [0.2, 0.25) is 0 Å². The highest BCUT2D eigenvalue weighted by molar-refractivity contribution is 5.96. The van der Waals surface area contributed by atoms with Crippen molar-refractivity contribution >= 4 is 11.9 Å². The van der Waals surface area contributed by atoms with Crippen LogP contribution < -0.4 is 5.32 Å². The Kier molecular flexibility index (Phi) is 4.43. The fourth-order valence-corrected chi connectivity index (χ4v) is 3.11. The van der Waals surface area contributed by atoms with Crippen molar-refractivity contribution in [3.05, 3.63) is 70.0 Å². The van der Waals surface area contributed by atoms with Gasteiger partial charge in [-0.15, -0.1) is 0 Å². The Morgan fingerprint density at radius 3 is 2.54 bits per heavy atom. The Balaban J connectivity index is 1.93. The van der Waals surface area contributed by atoms with Crippen molar-refractivity contribution in [2.75, 3.05) is 0 Å². The molecule has 0 aromatic heterocycles. The number of rotatable bonds is 3. The Hall–Kier alpha value is -2.90. The van der Waals surface area contributed by atoms with Crippen LogP contribution in [0.5, 0.6) is 0 Å². The molecule has 0 spiro atoms. The Labute approximate surface area is 145 Å². The molecule has 1 amide bonds. The predicted octanol–water partition coefficient (Wildman–Crippen LogP) is 3.96. The lowest BCUT2D eigenvalue weighted by molar-refractivity contribution is -0.138. The number of benzene rings is 2. The highest BCUT2D eigenvalue weighted by atomic mass is 19.4. The lowest BCUT2D eigenvalue weighted by Gasteiger charge is -2.18. The summed E-state index contributed by atoms with van der Waals surface area (Å²) in [5.74, 6) is -3.61. The molecule has 0 radical (unpaired) electrons. The van der Waals surface area contributed by atoms with Gasteiger partial charge >= 0.3 is 12.1 Å². The SMILES string of the molecule is O=C(O)c1ccc2c(c1)[C@H](NC(=O)c1c(F)cccc1C(F)(F)F)CC2. The van der Waals surface area contributed by atoms with Gasteiger partial charge in [0, 0.05) is 0 Å². The van der Waals surface area contributed by atoms with E-state index in [2.05, 4.69) is 5.32 Å². The Bertz CT molecular complexity index is 892. The van der Waals surface area contributed by atoms with Crippen LogP contribution in [-0.4, -0.2) is 17.0 Å². The Morgan fingerprint density at radius 2 is 1.88 bits per heavy atom. The van der Waals surface area contributed by atoms with Crippen molar-refractivity contribution in [2.24, 2.45) is 0 Å². The molecule has 1 atom stereocenters. The monoisotopic (exact) mass is 367 g/mol. The summed E-state index contributed by atoms with van der Waals surface area (Å²) in [4.78, 5) is 23.4. The topological polar surface area (TPSA) is 66.4 Å². The van der Waals surface area contributed by atoms with Crippen LogP contribution in [-0.2, 0) is 12.6 Å². The molecule has 1 aliphatic rings. The molecule has 4 nitrogen and oxygen atoms in total. The average Bonchev–Trinajstić information content (AvgIpc) is 2.95. The van der Waals surface area contributed by atoms with E-state index >= 15 is 0 Å². The fraction of sp³-hybridized carbons (Fsp3) is 0.222. The summed E-state index contributed by atoms with van der Waals surface area (Å²) in [6.45, 7) is 0. The summed E-state index contributed by atoms with van der Waals surface area (Å²) < 4.78 is 53.1. The van der Waals surface area contributed by atoms with Crippen LogP contribution in [0.25, 0.3) is 0 Å². The van der Waals surface area contributed by atoms with Gasteiger partial charge in [-0.2, -0.15) is 13.2 Å². The van der Waals surface area contributed by atoms with Crippen molar-refractivity contribution in [1.29, 1.82) is 0 Å². The zero-order valence-corrected chi connectivity index (χ0v) is 13.2. The molecule has 0 aliphatic heterocycles. The van der Waals surface area contributed by atoms with Gasteiger partial charge in [-0.3, -0.25) is 4.79 Å². The van der Waals surface area contributed by atoms with Gasteiger partial charge in [0.1, 0.15) is 5.82 Å². The van der Waals surface area contributed by atoms with Gasteiger partial charge in [-0.1, -0.05) is 12.1 Å². The second kappa shape index (κ2) is 6.44. The number of amides is 1. The van der Waals surface area contributed by atoms with Crippen LogP contribution in [0, 0.1) is 5.82 Å². The number of aromatic carboxylic acids is 1. The molecule has 1 aliphatic carbocycles. The van der Waals surface area contributed by atoms with E-state index in [-0.39, 0.29) is 5.56 Å². The minimum Gasteiger partial charge on any atom is -0.478 e. The molecule has 3 rings (SSSR count). The molecular formula is C18H13F4NO3. The minimum atomic E-state index is -4.88. The normalized spacial score (nSPS) is 16.2. The fourth-order valence-electron chi connectivity index (χ4n) is 3.11. The number of fused-ring (bicyclic) bond motifs is 1. The third-order valence-electron chi connectivity index (χ3n) is 4.32. The van der Waals surface area contributed by atoms with Crippen LogP contribution in [0.3, 0.4) is 0 Å². The highest BCUT2D eigenvalue weighted by Crippen LogP contribution is 2.35. The van der Waals surface area contributed by atoms with Crippen LogP contribution in [0.15, 0.2) is 36.4 Å². The number of nitrogens with one attached hydrogen (secondary N) is 1. The lowest BCUT2D eigenvalue weighted by atomic mass is 10.0. The first-order valence-corrected chi connectivity index (χ1v) is 7.71. The van der Waals surface area contributed by atoms with Crippen molar-refractivity contribution in [3.63, 3.8) is 0 Å². The number of halogens is 4. The van der Waals surface area contributed by atoms with E-state index in [1.54, 1.807) is 6.07 Å². The van der Waals surface area contributed by atoms with E-state index in [0.717, 1.165) is 17.7 Å². The molecule has 2 aromatic carbocycles. The first-order chi connectivity index (χ1) is 12.2. The molecule has 2 aromatic rings. The van der Waals surface area contributed by atoms with Gasteiger partial charge in [0.25, 0.3) is 5.91 Å². The maximum atomic E-state index is 13.9. The maximum Gasteiger partial charge on any atom is 0.417 e. The van der Waals surface area contributed by atoms with Crippen LogP contribution in [0.2, 0.25) is 0 Å². The predicted molar refractivity (Wildman–Crippen MR) is 83.3 cm³/mol. The molecule has 8 heteroatoms. The molecule has 136 valence electrons. The van der Waals surface area contributed by atoms with E-state index in [1.165, 1.54) is 12.1 Å². The van der Waals surface area contributed by atoms with E-state index in [4.69, 9.17) is 5.11 Å². The van der Waals surface area contributed by atoms with Crippen molar-refractivity contribution in [3.8, 4) is 0 Å². The average molecular weight is 367 g/mol. The quantitative estimate of drug-likeness (QED) is 0.807. The zero-order valence-electron chi connectivity index (χ0n) is 13.2. The van der Waals surface area contributed by atoms with E-state index < -0.39 is 41.0 Å². The van der Waals surface area contributed by atoms with Crippen LogP contribution >= 0.6 is 0 Å². The summed E-state index contributed by atoms with van der Waals surface area (Å²) in [7, 11) is 0. The number of hydrogen-bond donors (Lipinski definition) is 2. The zero-order chi connectivity index (χ0) is 19.1. The summed E-state index contributed by atoms with van der Waals surface area (Å²) >= 11 is 0. The molecule has 0 saturated heterocycles. The van der Waals surface area contributed by atoms with Gasteiger partial charge < -0.3 is 10.4 Å². The molecule has 0 saturated carbocycles. The third-order valence-corrected chi connectivity index (χ3v) is 4.32. The second-order valence-corrected chi connectivity index (χ2v) is 5.94. The van der Waals surface area contributed by atoms with Crippen LogP contribution in [0.1, 0.15) is 49.9 Å². The first-order valence-electron chi connectivity index (χ1n) is 7.71. The molecule has 2 N–H and O–H groups in total. The van der Waals surface area contributed by atoms with E-state index in [0.29, 0.717) is 24.5 Å². The second-order valence-electron chi connectivity index (χ2n) is 5.94. The van der Waals surface area contributed by atoms with Gasteiger partial charge in [0.05, 0.1) is 22.7 Å². The lowest BCUT2D eigenvalue weighted by Crippen LogP contribution is -2.30. The smallest absolute Gasteiger partial charge is 0.417 e.